The molecule has 2 aliphatic rings. The van der Waals surface area contributed by atoms with E-state index in [1.165, 1.54) is 5.56 Å². The number of nitrogens with one attached hydrogen (secondary N) is 1. The van der Waals surface area contributed by atoms with Crippen molar-refractivity contribution in [3.8, 4) is 0 Å². The average molecular weight is 381 g/mol. The van der Waals surface area contributed by atoms with E-state index in [0.717, 1.165) is 31.4 Å². The summed E-state index contributed by atoms with van der Waals surface area (Å²) in [5.74, 6) is -0.602. The molecule has 2 N–H and O–H groups in total. The van der Waals surface area contributed by atoms with E-state index in [1.807, 2.05) is 18.2 Å². The molecule has 0 spiro atoms. The van der Waals surface area contributed by atoms with Crippen molar-refractivity contribution in [2.45, 2.75) is 44.9 Å². The third kappa shape index (κ3) is 3.21. The highest BCUT2D eigenvalue weighted by Crippen LogP contribution is 2.51. The smallest absolute Gasteiger partial charge is 0.311 e. The molecular weight excluding hydrogens is 354 g/mol. The molecule has 2 fully saturated rings. The van der Waals surface area contributed by atoms with Crippen molar-refractivity contribution >= 4 is 11.9 Å². The molecule has 1 aromatic carbocycles. The Balaban J connectivity index is 1.54. The van der Waals surface area contributed by atoms with E-state index in [0.29, 0.717) is 24.6 Å². The third-order valence-corrected chi connectivity index (χ3v) is 6.56. The molecule has 1 aliphatic heterocycles. The summed E-state index contributed by atoms with van der Waals surface area (Å²) in [6.45, 7) is 2.85. The highest BCUT2D eigenvalue weighted by Gasteiger charge is 2.56. The van der Waals surface area contributed by atoms with Crippen LogP contribution in [-0.4, -0.2) is 45.2 Å². The number of aromatic amines is 1. The van der Waals surface area contributed by atoms with Gasteiger partial charge in [-0.1, -0.05) is 43.7 Å². The van der Waals surface area contributed by atoms with Crippen LogP contribution in [0.15, 0.2) is 36.4 Å². The predicted molar refractivity (Wildman–Crippen MR) is 105 cm³/mol. The van der Waals surface area contributed by atoms with Gasteiger partial charge in [0.25, 0.3) is 5.91 Å². The summed E-state index contributed by atoms with van der Waals surface area (Å²) in [5.41, 5.74) is 1.77. The molecule has 1 aliphatic carbocycles. The van der Waals surface area contributed by atoms with Crippen molar-refractivity contribution in [2.75, 3.05) is 13.1 Å². The first-order valence-electron chi connectivity index (χ1n) is 10.2. The standard InChI is InChI=1S/C22H27N3O3/c1-2-6-18-12-19(24-23-18)20(26)25-13-17-11-16(15-7-4-3-5-8-15)9-10-22(17,14-25)21(27)28/h3-5,7-8,12,16-17H,2,6,9-11,13-14H2,1H3,(H,23,24)(H,27,28)/t16-,17-,22-/m0/s1. The summed E-state index contributed by atoms with van der Waals surface area (Å²) < 4.78 is 0. The molecule has 0 bridgehead atoms. The zero-order valence-electron chi connectivity index (χ0n) is 16.2. The van der Waals surface area contributed by atoms with Gasteiger partial charge in [-0.2, -0.15) is 5.10 Å². The molecule has 6 heteroatoms. The van der Waals surface area contributed by atoms with E-state index in [2.05, 4.69) is 29.3 Å². The highest BCUT2D eigenvalue weighted by atomic mass is 16.4. The second-order valence-electron chi connectivity index (χ2n) is 8.25. The van der Waals surface area contributed by atoms with Crippen molar-refractivity contribution in [1.29, 1.82) is 0 Å². The first-order chi connectivity index (χ1) is 13.5. The molecule has 3 atom stereocenters. The fraction of sp³-hybridized carbons (Fsp3) is 0.500. The number of aliphatic carboxylic acids is 1. The highest BCUT2D eigenvalue weighted by molar-refractivity contribution is 5.93. The summed E-state index contributed by atoms with van der Waals surface area (Å²) in [4.78, 5) is 26.9. The minimum atomic E-state index is -0.830. The monoisotopic (exact) mass is 381 g/mol. The predicted octanol–water partition coefficient (Wildman–Crippen LogP) is 3.47. The maximum Gasteiger partial charge on any atom is 0.311 e. The number of aromatic nitrogens is 2. The SMILES string of the molecule is CCCc1cc(C(=O)N2C[C@@H]3C[C@@H](c4ccccc4)CC[C@]3(C(=O)O)C2)n[nH]1. The molecule has 2 aromatic rings. The number of hydrogen-bond acceptors (Lipinski definition) is 3. The summed E-state index contributed by atoms with van der Waals surface area (Å²) in [7, 11) is 0. The number of benzene rings is 1. The van der Waals surface area contributed by atoms with Crippen LogP contribution in [0.5, 0.6) is 0 Å². The first kappa shape index (κ1) is 18.7. The lowest BCUT2D eigenvalue weighted by Gasteiger charge is -2.38. The lowest BCUT2D eigenvalue weighted by molar-refractivity contribution is -0.152. The fourth-order valence-corrected chi connectivity index (χ4v) is 5.01. The molecule has 0 unspecified atom stereocenters. The summed E-state index contributed by atoms with van der Waals surface area (Å²) >= 11 is 0. The Labute approximate surface area is 164 Å². The number of H-pyrrole nitrogens is 1. The number of carbonyl (C=O) groups is 2. The van der Waals surface area contributed by atoms with Gasteiger partial charge in [-0.3, -0.25) is 14.7 Å². The Kier molecular flexibility index (Phi) is 4.96. The second kappa shape index (κ2) is 7.41. The molecule has 1 saturated heterocycles. The molecule has 4 rings (SSSR count). The van der Waals surface area contributed by atoms with Crippen LogP contribution in [0, 0.1) is 11.3 Å². The van der Waals surface area contributed by atoms with Gasteiger partial charge >= 0.3 is 5.97 Å². The zero-order valence-corrected chi connectivity index (χ0v) is 16.2. The van der Waals surface area contributed by atoms with Crippen LogP contribution in [0.1, 0.15) is 60.3 Å². The average Bonchev–Trinajstić information content (AvgIpc) is 3.33. The Hall–Kier alpha value is -2.63. The van der Waals surface area contributed by atoms with E-state index < -0.39 is 11.4 Å². The Morgan fingerprint density at radius 1 is 1.32 bits per heavy atom. The van der Waals surface area contributed by atoms with E-state index in [9.17, 15) is 14.7 Å². The van der Waals surface area contributed by atoms with Crippen molar-refractivity contribution < 1.29 is 14.7 Å². The van der Waals surface area contributed by atoms with Crippen molar-refractivity contribution in [1.82, 2.24) is 15.1 Å². The van der Waals surface area contributed by atoms with Crippen LogP contribution in [0.3, 0.4) is 0 Å². The van der Waals surface area contributed by atoms with Gasteiger partial charge in [0.2, 0.25) is 0 Å². The largest absolute Gasteiger partial charge is 0.481 e. The quantitative estimate of drug-likeness (QED) is 0.830. The number of carboxylic acids is 1. The molecule has 1 saturated carbocycles. The van der Waals surface area contributed by atoms with E-state index in [-0.39, 0.29) is 18.4 Å². The van der Waals surface area contributed by atoms with Crippen molar-refractivity contribution in [3.63, 3.8) is 0 Å². The number of nitrogens with zero attached hydrogens (tertiary/aromatic N) is 2. The lowest BCUT2D eigenvalue weighted by atomic mass is 9.64. The van der Waals surface area contributed by atoms with Gasteiger partial charge in [0, 0.05) is 18.8 Å². The molecule has 148 valence electrons. The molecular formula is C22H27N3O3. The summed E-state index contributed by atoms with van der Waals surface area (Å²) in [6, 6.07) is 12.1. The van der Waals surface area contributed by atoms with Crippen LogP contribution in [0.2, 0.25) is 0 Å². The van der Waals surface area contributed by atoms with Gasteiger partial charge in [0.15, 0.2) is 0 Å². The van der Waals surface area contributed by atoms with E-state index in [4.69, 9.17) is 0 Å². The number of hydrogen-bond donors (Lipinski definition) is 2. The minimum absolute atomic E-state index is 0.0260. The molecule has 6 nitrogen and oxygen atoms in total. The van der Waals surface area contributed by atoms with Crippen LogP contribution in [0.25, 0.3) is 0 Å². The molecule has 1 aromatic heterocycles. The van der Waals surface area contributed by atoms with E-state index in [1.54, 1.807) is 11.0 Å². The third-order valence-electron chi connectivity index (χ3n) is 6.56. The number of amides is 1. The number of rotatable bonds is 5. The Morgan fingerprint density at radius 3 is 2.82 bits per heavy atom. The van der Waals surface area contributed by atoms with Gasteiger partial charge in [-0.25, -0.2) is 0 Å². The number of likely N-dealkylation sites (tertiary alicyclic amines) is 1. The van der Waals surface area contributed by atoms with E-state index >= 15 is 0 Å². The number of aryl methyl sites for hydroxylation is 1. The maximum absolute atomic E-state index is 13.0. The number of fused-ring (bicyclic) bond motifs is 1. The van der Waals surface area contributed by atoms with Gasteiger partial charge in [0.1, 0.15) is 5.69 Å². The zero-order chi connectivity index (χ0) is 19.7. The topological polar surface area (TPSA) is 86.3 Å². The van der Waals surface area contributed by atoms with Crippen LogP contribution < -0.4 is 0 Å². The van der Waals surface area contributed by atoms with Gasteiger partial charge < -0.3 is 10.0 Å². The Bertz CT molecular complexity index is 863. The fourth-order valence-electron chi connectivity index (χ4n) is 5.01. The molecule has 2 heterocycles. The molecule has 28 heavy (non-hydrogen) atoms. The van der Waals surface area contributed by atoms with Gasteiger partial charge in [-0.15, -0.1) is 0 Å². The van der Waals surface area contributed by atoms with Gasteiger partial charge in [0.05, 0.1) is 5.41 Å². The first-order valence-corrected chi connectivity index (χ1v) is 10.2. The number of carboxylic acid groups (broad SMARTS) is 1. The van der Waals surface area contributed by atoms with Gasteiger partial charge in [-0.05, 0) is 49.1 Å². The van der Waals surface area contributed by atoms with Crippen LogP contribution >= 0.6 is 0 Å². The van der Waals surface area contributed by atoms with Crippen molar-refractivity contribution in [2.24, 2.45) is 11.3 Å². The maximum atomic E-state index is 13.0. The minimum Gasteiger partial charge on any atom is -0.481 e. The second-order valence-corrected chi connectivity index (χ2v) is 8.25. The Morgan fingerprint density at radius 2 is 2.11 bits per heavy atom. The van der Waals surface area contributed by atoms with Crippen molar-refractivity contribution in [3.05, 3.63) is 53.3 Å². The number of carbonyl (C=O) groups excluding carboxylic acids is 1. The molecule has 0 radical (unpaired) electrons. The lowest BCUT2D eigenvalue weighted by Crippen LogP contribution is -2.43. The summed E-state index contributed by atoms with van der Waals surface area (Å²) in [5, 5.41) is 17.1. The molecule has 1 amide bonds. The van der Waals surface area contributed by atoms with Crippen LogP contribution in [0.4, 0.5) is 0 Å². The van der Waals surface area contributed by atoms with Crippen LogP contribution in [-0.2, 0) is 11.2 Å². The summed E-state index contributed by atoms with van der Waals surface area (Å²) in [6.07, 6.45) is 4.09. The normalized spacial score (nSPS) is 26.8.